The number of hydrogen-bond donors (Lipinski definition) is 1. The van der Waals surface area contributed by atoms with Crippen LogP contribution in [0.2, 0.25) is 0 Å². The van der Waals surface area contributed by atoms with Crippen molar-refractivity contribution in [3.63, 3.8) is 0 Å². The second kappa shape index (κ2) is 5.79. The first kappa shape index (κ1) is 12.7. The van der Waals surface area contributed by atoms with Crippen LogP contribution < -0.4 is 5.32 Å². The van der Waals surface area contributed by atoms with E-state index in [1.807, 2.05) is 0 Å². The largest absolute Gasteiger partial charge is 0.344 e. The van der Waals surface area contributed by atoms with Crippen LogP contribution in [0.3, 0.4) is 0 Å². The van der Waals surface area contributed by atoms with Crippen molar-refractivity contribution in [1.82, 2.24) is 9.88 Å². The number of benzene rings is 1. The number of aromatic nitrogens is 1. The van der Waals surface area contributed by atoms with E-state index in [-0.39, 0.29) is 0 Å². The highest BCUT2D eigenvalue weighted by molar-refractivity contribution is 5.81. The van der Waals surface area contributed by atoms with Crippen LogP contribution in [0.25, 0.3) is 10.9 Å². The van der Waals surface area contributed by atoms with E-state index < -0.39 is 0 Å². The first-order valence-corrected chi connectivity index (χ1v) is 7.60. The highest BCUT2D eigenvalue weighted by atomic mass is 15.0. The molecule has 1 N–H and O–H groups in total. The Bertz CT molecular complexity index is 535. The van der Waals surface area contributed by atoms with Gasteiger partial charge in [-0.15, -0.1) is 0 Å². The van der Waals surface area contributed by atoms with Gasteiger partial charge in [-0.2, -0.15) is 0 Å². The van der Waals surface area contributed by atoms with E-state index in [9.17, 15) is 0 Å². The minimum Gasteiger partial charge on any atom is -0.344 e. The van der Waals surface area contributed by atoms with Crippen LogP contribution in [-0.2, 0) is 6.54 Å². The Morgan fingerprint density at radius 2 is 2.00 bits per heavy atom. The minimum atomic E-state index is 0.933. The van der Waals surface area contributed by atoms with Gasteiger partial charge in [0.25, 0.3) is 0 Å². The first-order valence-electron chi connectivity index (χ1n) is 7.60. The van der Waals surface area contributed by atoms with E-state index in [4.69, 9.17) is 0 Å². The molecule has 1 aromatic heterocycles. The molecule has 0 radical (unpaired) electrons. The van der Waals surface area contributed by atoms with Crippen molar-refractivity contribution in [2.45, 2.75) is 39.2 Å². The molecule has 0 atom stereocenters. The number of para-hydroxylation sites is 1. The van der Waals surface area contributed by atoms with E-state index in [2.05, 4.69) is 47.1 Å². The van der Waals surface area contributed by atoms with Gasteiger partial charge in [-0.25, -0.2) is 0 Å². The van der Waals surface area contributed by atoms with Gasteiger partial charge in [-0.3, -0.25) is 0 Å². The number of aryl methyl sites for hydroxylation is 1. The molecule has 0 amide bonds. The van der Waals surface area contributed by atoms with Crippen LogP contribution in [0.4, 0.5) is 0 Å². The Morgan fingerprint density at radius 1 is 1.21 bits per heavy atom. The van der Waals surface area contributed by atoms with Crippen molar-refractivity contribution in [2.75, 3.05) is 13.1 Å². The number of nitrogens with zero attached hydrogens (tertiary/aromatic N) is 1. The Balaban J connectivity index is 1.57. The summed E-state index contributed by atoms with van der Waals surface area (Å²) in [4.78, 5) is 0. The van der Waals surface area contributed by atoms with Gasteiger partial charge >= 0.3 is 0 Å². The summed E-state index contributed by atoms with van der Waals surface area (Å²) in [5, 5.41) is 4.99. The zero-order valence-electron chi connectivity index (χ0n) is 11.9. The lowest BCUT2D eigenvalue weighted by atomic mass is 10.1. The Morgan fingerprint density at radius 3 is 2.84 bits per heavy atom. The molecule has 1 aromatic carbocycles. The standard InChI is InChI=1S/C17H24N2/c1-14-12-16-8-4-5-9-17(16)19(14)11-10-18-13-15-6-2-3-7-15/h4-5,8-9,12,15,18H,2-3,6-7,10-11,13H2,1H3. The van der Waals surface area contributed by atoms with E-state index in [0.717, 1.165) is 19.0 Å². The van der Waals surface area contributed by atoms with E-state index in [1.165, 1.54) is 48.8 Å². The summed E-state index contributed by atoms with van der Waals surface area (Å²) < 4.78 is 2.43. The molecule has 1 fully saturated rings. The van der Waals surface area contributed by atoms with E-state index in [0.29, 0.717) is 0 Å². The lowest BCUT2D eigenvalue weighted by Gasteiger charge is -2.12. The Kier molecular flexibility index (Phi) is 3.88. The maximum absolute atomic E-state index is 3.64. The summed E-state index contributed by atoms with van der Waals surface area (Å²) in [6, 6.07) is 10.9. The van der Waals surface area contributed by atoms with Gasteiger partial charge in [-0.05, 0) is 49.7 Å². The molecule has 2 aromatic rings. The van der Waals surface area contributed by atoms with Crippen LogP contribution in [0.5, 0.6) is 0 Å². The van der Waals surface area contributed by atoms with Crippen molar-refractivity contribution in [1.29, 1.82) is 0 Å². The van der Waals surface area contributed by atoms with Crippen LogP contribution in [0, 0.1) is 12.8 Å². The minimum absolute atomic E-state index is 0.933. The van der Waals surface area contributed by atoms with Crippen LogP contribution in [0.1, 0.15) is 31.4 Å². The first-order chi connectivity index (χ1) is 9.34. The van der Waals surface area contributed by atoms with Crippen LogP contribution in [0.15, 0.2) is 30.3 Å². The summed E-state index contributed by atoms with van der Waals surface area (Å²) in [5.41, 5.74) is 2.73. The third-order valence-corrected chi connectivity index (χ3v) is 4.44. The average molecular weight is 256 g/mol. The van der Waals surface area contributed by atoms with Gasteiger partial charge < -0.3 is 9.88 Å². The highest BCUT2D eigenvalue weighted by Gasteiger charge is 2.13. The molecule has 0 bridgehead atoms. The van der Waals surface area contributed by atoms with Gasteiger partial charge in [0, 0.05) is 24.3 Å². The molecule has 19 heavy (non-hydrogen) atoms. The summed E-state index contributed by atoms with van der Waals surface area (Å²) in [5.74, 6) is 0.933. The number of hydrogen-bond acceptors (Lipinski definition) is 1. The molecule has 1 heterocycles. The lowest BCUT2D eigenvalue weighted by molar-refractivity contribution is 0.477. The second-order valence-electron chi connectivity index (χ2n) is 5.85. The fraction of sp³-hybridized carbons (Fsp3) is 0.529. The molecule has 1 saturated carbocycles. The third-order valence-electron chi connectivity index (χ3n) is 4.44. The molecular formula is C17H24N2. The lowest BCUT2D eigenvalue weighted by Crippen LogP contribution is -2.25. The Labute approximate surface area is 115 Å². The molecule has 2 nitrogen and oxygen atoms in total. The zero-order chi connectivity index (χ0) is 13.1. The predicted molar refractivity (Wildman–Crippen MR) is 81.5 cm³/mol. The number of rotatable bonds is 5. The molecule has 1 aliphatic rings. The van der Waals surface area contributed by atoms with E-state index in [1.54, 1.807) is 0 Å². The molecule has 0 unspecified atom stereocenters. The van der Waals surface area contributed by atoms with Crippen molar-refractivity contribution >= 4 is 10.9 Å². The summed E-state index contributed by atoms with van der Waals surface area (Å²) in [6.45, 7) is 5.57. The molecule has 3 rings (SSSR count). The molecule has 0 aliphatic heterocycles. The van der Waals surface area contributed by atoms with Crippen molar-refractivity contribution in [3.8, 4) is 0 Å². The highest BCUT2D eigenvalue weighted by Crippen LogP contribution is 2.23. The normalized spacial score (nSPS) is 16.5. The van der Waals surface area contributed by atoms with Crippen LogP contribution in [-0.4, -0.2) is 17.7 Å². The smallest absolute Gasteiger partial charge is 0.0482 e. The predicted octanol–water partition coefficient (Wildman–Crippen LogP) is 3.73. The SMILES string of the molecule is Cc1cc2ccccc2n1CCNCC1CCCC1. The monoisotopic (exact) mass is 256 g/mol. The molecular weight excluding hydrogens is 232 g/mol. The molecule has 1 aliphatic carbocycles. The number of nitrogens with one attached hydrogen (secondary N) is 1. The van der Waals surface area contributed by atoms with Gasteiger partial charge in [-0.1, -0.05) is 31.0 Å². The third kappa shape index (κ3) is 2.84. The summed E-state index contributed by atoms with van der Waals surface area (Å²) in [7, 11) is 0. The molecule has 0 spiro atoms. The molecule has 0 saturated heterocycles. The summed E-state index contributed by atoms with van der Waals surface area (Å²) in [6.07, 6.45) is 5.73. The van der Waals surface area contributed by atoms with Gasteiger partial charge in [0.15, 0.2) is 0 Å². The topological polar surface area (TPSA) is 17.0 Å². The number of fused-ring (bicyclic) bond motifs is 1. The maximum atomic E-state index is 3.64. The van der Waals surface area contributed by atoms with Crippen molar-refractivity contribution < 1.29 is 0 Å². The van der Waals surface area contributed by atoms with Gasteiger partial charge in [0.1, 0.15) is 0 Å². The quantitative estimate of drug-likeness (QED) is 0.807. The fourth-order valence-electron chi connectivity index (χ4n) is 3.36. The van der Waals surface area contributed by atoms with Crippen molar-refractivity contribution in [3.05, 3.63) is 36.0 Å². The second-order valence-corrected chi connectivity index (χ2v) is 5.85. The average Bonchev–Trinajstić information content (AvgIpc) is 3.02. The molecule has 2 heteroatoms. The summed E-state index contributed by atoms with van der Waals surface area (Å²) >= 11 is 0. The fourth-order valence-corrected chi connectivity index (χ4v) is 3.36. The zero-order valence-corrected chi connectivity index (χ0v) is 11.9. The van der Waals surface area contributed by atoms with Gasteiger partial charge in [0.05, 0.1) is 0 Å². The van der Waals surface area contributed by atoms with Crippen molar-refractivity contribution in [2.24, 2.45) is 5.92 Å². The Hall–Kier alpha value is -1.28. The van der Waals surface area contributed by atoms with Crippen LogP contribution >= 0.6 is 0 Å². The molecule has 102 valence electrons. The van der Waals surface area contributed by atoms with Gasteiger partial charge in [0.2, 0.25) is 0 Å². The van der Waals surface area contributed by atoms with E-state index >= 15 is 0 Å². The maximum Gasteiger partial charge on any atom is 0.0482 e.